The summed E-state index contributed by atoms with van der Waals surface area (Å²) in [6.07, 6.45) is 2.29. The molecule has 21 heavy (non-hydrogen) atoms. The van der Waals surface area contributed by atoms with Crippen molar-refractivity contribution in [2.45, 2.75) is 30.1 Å². The van der Waals surface area contributed by atoms with Gasteiger partial charge in [0, 0.05) is 11.2 Å². The average Bonchev–Trinajstić information content (AvgIpc) is 2.82. The van der Waals surface area contributed by atoms with Gasteiger partial charge in [-0.05, 0) is 29.5 Å². The molecule has 0 aliphatic heterocycles. The lowest BCUT2D eigenvalue weighted by atomic mass is 10.1. The van der Waals surface area contributed by atoms with E-state index in [1.54, 1.807) is 0 Å². The van der Waals surface area contributed by atoms with Gasteiger partial charge in [0.2, 0.25) is 5.91 Å². The molecular weight excluding hydrogens is 326 g/mol. The van der Waals surface area contributed by atoms with Gasteiger partial charge in [0.15, 0.2) is 0 Å². The van der Waals surface area contributed by atoms with Crippen LogP contribution >= 0.6 is 15.9 Å². The molecule has 1 N–H and O–H groups in total. The standard InChI is InChI=1S/C18H18BrNO/c19-16-12-14-8-4-5-9-15(14)18(16)20-17(21)11-10-13-6-2-1-3-7-13/h1-9,16,18H,10-12H2,(H,20,21). The van der Waals surface area contributed by atoms with Crippen molar-refractivity contribution in [2.24, 2.45) is 0 Å². The van der Waals surface area contributed by atoms with Gasteiger partial charge in [-0.1, -0.05) is 70.5 Å². The van der Waals surface area contributed by atoms with E-state index in [0.29, 0.717) is 6.42 Å². The van der Waals surface area contributed by atoms with E-state index >= 15 is 0 Å². The van der Waals surface area contributed by atoms with Crippen LogP contribution in [-0.4, -0.2) is 10.7 Å². The second kappa shape index (κ2) is 6.44. The maximum absolute atomic E-state index is 12.2. The fourth-order valence-electron chi connectivity index (χ4n) is 2.86. The highest BCUT2D eigenvalue weighted by Gasteiger charge is 2.31. The van der Waals surface area contributed by atoms with E-state index in [1.807, 2.05) is 24.3 Å². The Labute approximate surface area is 133 Å². The zero-order chi connectivity index (χ0) is 14.7. The summed E-state index contributed by atoms with van der Waals surface area (Å²) in [6.45, 7) is 0. The van der Waals surface area contributed by atoms with Crippen molar-refractivity contribution in [1.82, 2.24) is 5.32 Å². The number of amides is 1. The summed E-state index contributed by atoms with van der Waals surface area (Å²) < 4.78 is 0. The molecule has 0 spiro atoms. The quantitative estimate of drug-likeness (QED) is 0.840. The van der Waals surface area contributed by atoms with Gasteiger partial charge in [-0.25, -0.2) is 0 Å². The lowest BCUT2D eigenvalue weighted by Gasteiger charge is -2.17. The van der Waals surface area contributed by atoms with Crippen LogP contribution in [0, 0.1) is 0 Å². The number of hydrogen-bond donors (Lipinski definition) is 1. The molecule has 1 amide bonds. The molecule has 3 rings (SSSR count). The van der Waals surface area contributed by atoms with Crippen molar-refractivity contribution in [3.05, 3.63) is 71.3 Å². The molecule has 1 aliphatic rings. The van der Waals surface area contributed by atoms with E-state index in [9.17, 15) is 4.79 Å². The molecule has 2 aromatic carbocycles. The molecule has 2 unspecified atom stereocenters. The van der Waals surface area contributed by atoms with Gasteiger partial charge in [0.1, 0.15) is 0 Å². The van der Waals surface area contributed by atoms with Crippen LogP contribution in [0.15, 0.2) is 54.6 Å². The molecule has 2 atom stereocenters. The first kappa shape index (κ1) is 14.3. The van der Waals surface area contributed by atoms with Gasteiger partial charge in [0.25, 0.3) is 0 Å². The van der Waals surface area contributed by atoms with Crippen molar-refractivity contribution in [2.75, 3.05) is 0 Å². The molecule has 0 fully saturated rings. The number of carbonyl (C=O) groups excluding carboxylic acids is 1. The van der Waals surface area contributed by atoms with Crippen LogP contribution in [0.1, 0.15) is 29.2 Å². The topological polar surface area (TPSA) is 29.1 Å². The van der Waals surface area contributed by atoms with Crippen LogP contribution < -0.4 is 5.32 Å². The number of benzene rings is 2. The summed E-state index contributed by atoms with van der Waals surface area (Å²) in [6, 6.07) is 18.6. The van der Waals surface area contributed by atoms with E-state index in [0.717, 1.165) is 12.8 Å². The van der Waals surface area contributed by atoms with Crippen LogP contribution in [0.25, 0.3) is 0 Å². The molecule has 2 nitrogen and oxygen atoms in total. The molecule has 0 saturated heterocycles. The van der Waals surface area contributed by atoms with Crippen molar-refractivity contribution in [1.29, 1.82) is 0 Å². The summed E-state index contributed by atoms with van der Waals surface area (Å²) in [5.74, 6) is 0.116. The molecule has 0 saturated carbocycles. The number of hydrogen-bond acceptors (Lipinski definition) is 1. The largest absolute Gasteiger partial charge is 0.348 e. The van der Waals surface area contributed by atoms with Crippen LogP contribution in [0.5, 0.6) is 0 Å². The zero-order valence-corrected chi connectivity index (χ0v) is 13.3. The molecule has 0 heterocycles. The predicted molar refractivity (Wildman–Crippen MR) is 88.5 cm³/mol. The van der Waals surface area contributed by atoms with Crippen LogP contribution in [-0.2, 0) is 17.6 Å². The van der Waals surface area contributed by atoms with Gasteiger partial charge in [-0.2, -0.15) is 0 Å². The Hall–Kier alpha value is -1.61. The van der Waals surface area contributed by atoms with E-state index in [2.05, 4.69) is 51.6 Å². The number of alkyl halides is 1. The van der Waals surface area contributed by atoms with Crippen LogP contribution in [0.2, 0.25) is 0 Å². The highest BCUT2D eigenvalue weighted by molar-refractivity contribution is 9.09. The van der Waals surface area contributed by atoms with Gasteiger partial charge in [0.05, 0.1) is 6.04 Å². The van der Waals surface area contributed by atoms with Crippen molar-refractivity contribution >= 4 is 21.8 Å². The number of aryl methyl sites for hydroxylation is 1. The Bertz CT molecular complexity index is 626. The Morgan fingerprint density at radius 2 is 1.81 bits per heavy atom. The second-order valence-corrected chi connectivity index (χ2v) is 6.63. The predicted octanol–water partition coefficient (Wildman–Crippen LogP) is 3.80. The Morgan fingerprint density at radius 1 is 1.10 bits per heavy atom. The molecular formula is C18H18BrNO. The van der Waals surface area contributed by atoms with E-state index in [1.165, 1.54) is 16.7 Å². The van der Waals surface area contributed by atoms with E-state index in [-0.39, 0.29) is 16.8 Å². The monoisotopic (exact) mass is 343 g/mol. The lowest BCUT2D eigenvalue weighted by molar-refractivity contribution is -0.121. The third-order valence-corrected chi connectivity index (χ3v) is 4.82. The molecule has 0 radical (unpaired) electrons. The van der Waals surface area contributed by atoms with E-state index in [4.69, 9.17) is 0 Å². The number of fused-ring (bicyclic) bond motifs is 1. The van der Waals surface area contributed by atoms with E-state index < -0.39 is 0 Å². The Balaban J connectivity index is 1.60. The first-order chi connectivity index (χ1) is 10.2. The fraction of sp³-hybridized carbons (Fsp3) is 0.278. The smallest absolute Gasteiger partial charge is 0.220 e. The Kier molecular flexibility index (Phi) is 4.39. The third-order valence-electron chi connectivity index (χ3n) is 3.97. The third kappa shape index (κ3) is 3.35. The van der Waals surface area contributed by atoms with Crippen molar-refractivity contribution in [3.8, 4) is 0 Å². The van der Waals surface area contributed by atoms with Gasteiger partial charge < -0.3 is 5.32 Å². The minimum Gasteiger partial charge on any atom is -0.348 e. The normalized spacial score (nSPS) is 20.0. The minimum atomic E-state index is 0.0875. The van der Waals surface area contributed by atoms with Crippen molar-refractivity contribution < 1.29 is 4.79 Å². The number of rotatable bonds is 4. The average molecular weight is 344 g/mol. The number of nitrogens with one attached hydrogen (secondary N) is 1. The van der Waals surface area contributed by atoms with Gasteiger partial charge in [-0.3, -0.25) is 4.79 Å². The summed E-state index contributed by atoms with van der Waals surface area (Å²) in [5, 5.41) is 3.17. The summed E-state index contributed by atoms with van der Waals surface area (Å²) in [5.41, 5.74) is 3.77. The first-order valence-electron chi connectivity index (χ1n) is 7.29. The maximum atomic E-state index is 12.2. The zero-order valence-electron chi connectivity index (χ0n) is 11.8. The SMILES string of the molecule is O=C(CCc1ccccc1)NC1c2ccccc2CC1Br. The van der Waals surface area contributed by atoms with Crippen LogP contribution in [0.3, 0.4) is 0 Å². The summed E-state index contributed by atoms with van der Waals surface area (Å²) >= 11 is 3.70. The van der Waals surface area contributed by atoms with Gasteiger partial charge in [-0.15, -0.1) is 0 Å². The summed E-state index contributed by atoms with van der Waals surface area (Å²) in [7, 11) is 0. The summed E-state index contributed by atoms with van der Waals surface area (Å²) in [4.78, 5) is 12.5. The molecule has 0 bridgehead atoms. The Morgan fingerprint density at radius 3 is 2.62 bits per heavy atom. The molecule has 2 aromatic rings. The molecule has 1 aliphatic carbocycles. The maximum Gasteiger partial charge on any atom is 0.220 e. The second-order valence-electron chi connectivity index (χ2n) is 5.45. The lowest BCUT2D eigenvalue weighted by Crippen LogP contribution is -2.31. The molecule has 108 valence electrons. The van der Waals surface area contributed by atoms with Crippen molar-refractivity contribution in [3.63, 3.8) is 0 Å². The van der Waals surface area contributed by atoms with Gasteiger partial charge >= 0.3 is 0 Å². The highest BCUT2D eigenvalue weighted by Crippen LogP contribution is 2.35. The van der Waals surface area contributed by atoms with Crippen LogP contribution in [0.4, 0.5) is 0 Å². The molecule has 3 heteroatoms. The number of halogens is 1. The minimum absolute atomic E-state index is 0.0875. The number of carbonyl (C=O) groups is 1. The molecule has 0 aromatic heterocycles. The first-order valence-corrected chi connectivity index (χ1v) is 8.21. The fourth-order valence-corrected chi connectivity index (χ4v) is 3.63. The highest BCUT2D eigenvalue weighted by atomic mass is 79.9.